The first-order valence-corrected chi connectivity index (χ1v) is 15.6. The van der Waals surface area contributed by atoms with Gasteiger partial charge in [-0.05, 0) is 52.0 Å². The molecule has 0 bridgehead atoms. The van der Waals surface area contributed by atoms with Crippen molar-refractivity contribution in [3.05, 3.63) is 71.8 Å². The Bertz CT molecular complexity index is 1220. The number of ether oxygens (including phenoxy) is 7. The van der Waals surface area contributed by atoms with Gasteiger partial charge in [0, 0.05) is 0 Å². The molecule has 4 rings (SSSR count). The quantitative estimate of drug-likeness (QED) is 0.328. The Morgan fingerprint density at radius 3 is 1.95 bits per heavy atom. The van der Waals surface area contributed by atoms with Crippen molar-refractivity contribution in [2.24, 2.45) is 0 Å². The lowest BCUT2D eigenvalue weighted by molar-refractivity contribution is -0.250. The van der Waals surface area contributed by atoms with E-state index in [-0.39, 0.29) is 33.0 Å². The zero-order valence-electron chi connectivity index (χ0n) is 25.6. The van der Waals surface area contributed by atoms with E-state index in [9.17, 15) is 14.7 Å². The molecule has 0 unspecified atom stereocenters. The van der Waals surface area contributed by atoms with Gasteiger partial charge < -0.3 is 38.3 Å². The molecule has 0 spiro atoms. The monoisotopic (exact) mass is 618 g/mol. The highest BCUT2D eigenvalue weighted by Crippen LogP contribution is 2.51. The zero-order chi connectivity index (χ0) is 31.3. The molecule has 11 heteroatoms. The fourth-order valence-corrected chi connectivity index (χ4v) is 6.25. The molecule has 0 aromatic heterocycles. The van der Waals surface area contributed by atoms with Crippen LogP contribution in [0.25, 0.3) is 0 Å². The molecule has 2 aromatic carbocycles. The molecule has 0 saturated carbocycles. The highest BCUT2D eigenvalue weighted by Gasteiger charge is 2.77. The highest BCUT2D eigenvalue weighted by molar-refractivity contribution is 8.13. The largest absolute Gasteiger partial charge is 0.464 e. The number of thioether (sulfide) groups is 1. The highest BCUT2D eigenvalue weighted by atomic mass is 32.2. The second-order valence-corrected chi connectivity index (χ2v) is 12.2. The lowest BCUT2D eigenvalue weighted by Crippen LogP contribution is -2.75. The summed E-state index contributed by atoms with van der Waals surface area (Å²) in [5, 5.41) is 12.1. The van der Waals surface area contributed by atoms with Gasteiger partial charge >= 0.3 is 5.97 Å². The third kappa shape index (κ3) is 7.15. The van der Waals surface area contributed by atoms with Gasteiger partial charge in [-0.1, -0.05) is 72.4 Å². The molecule has 2 aliphatic heterocycles. The van der Waals surface area contributed by atoms with E-state index in [4.69, 9.17) is 33.2 Å². The lowest BCUT2D eigenvalue weighted by atomic mass is 9.73. The molecule has 2 fully saturated rings. The molecule has 43 heavy (non-hydrogen) atoms. The van der Waals surface area contributed by atoms with Gasteiger partial charge in [0.1, 0.15) is 18.3 Å². The van der Waals surface area contributed by atoms with Gasteiger partial charge in [0.25, 0.3) is 0 Å². The van der Waals surface area contributed by atoms with Crippen LogP contribution in [0.4, 0.5) is 0 Å². The zero-order valence-corrected chi connectivity index (χ0v) is 26.4. The van der Waals surface area contributed by atoms with E-state index in [0.29, 0.717) is 0 Å². The van der Waals surface area contributed by atoms with Gasteiger partial charge in [0.15, 0.2) is 11.6 Å². The first-order chi connectivity index (χ1) is 20.4. The number of hydrogen-bond donors (Lipinski definition) is 1. The Morgan fingerprint density at radius 1 is 0.860 bits per heavy atom. The van der Waals surface area contributed by atoms with E-state index in [1.807, 2.05) is 60.7 Å². The summed E-state index contributed by atoms with van der Waals surface area (Å²) in [6.07, 6.45) is -2.11. The van der Waals surface area contributed by atoms with Gasteiger partial charge in [-0.2, -0.15) is 0 Å². The van der Waals surface area contributed by atoms with Crippen molar-refractivity contribution < 1.29 is 47.9 Å². The fraction of sp³-hybridized carbons (Fsp3) is 0.562. The molecule has 0 aliphatic carbocycles. The summed E-state index contributed by atoms with van der Waals surface area (Å²) in [6.45, 7) is 8.27. The summed E-state index contributed by atoms with van der Waals surface area (Å²) in [6, 6.07) is 19.0. The van der Waals surface area contributed by atoms with Crippen LogP contribution in [0.15, 0.2) is 60.7 Å². The Hall–Kier alpha value is -2.35. The Kier molecular flexibility index (Phi) is 10.7. The van der Waals surface area contributed by atoms with Gasteiger partial charge in [-0.25, -0.2) is 4.79 Å². The summed E-state index contributed by atoms with van der Waals surface area (Å²) in [5.41, 5.74) is -3.21. The Morgan fingerprint density at radius 2 is 1.42 bits per heavy atom. The molecular weight excluding hydrogens is 576 g/mol. The molecule has 236 valence electrons. The number of hydrogen-bond acceptors (Lipinski definition) is 11. The van der Waals surface area contributed by atoms with Crippen molar-refractivity contribution in [1.29, 1.82) is 0 Å². The standard InChI is InChI=1S/C32H42O10S/c1-7-38-27(33)31(35,26-24(39-29(2,3)41-26)20-36-18-22-14-10-8-11-15-22)32(28(34)43-6)25(40-30(4,5)42-32)21-37-19-23-16-12-9-13-17-23/h8-17,24-26,35H,7,18-21H2,1-6H3/t24-,25+,26+,31-,32+/m0/s1. The van der Waals surface area contributed by atoms with E-state index in [2.05, 4.69) is 0 Å². The summed E-state index contributed by atoms with van der Waals surface area (Å²) >= 11 is 0.798. The summed E-state index contributed by atoms with van der Waals surface area (Å²) < 4.78 is 42.3. The maximum atomic E-state index is 14.1. The minimum Gasteiger partial charge on any atom is -0.464 e. The molecule has 10 nitrogen and oxygen atoms in total. The van der Waals surface area contributed by atoms with Crippen molar-refractivity contribution in [1.82, 2.24) is 0 Å². The summed E-state index contributed by atoms with van der Waals surface area (Å²) in [5.74, 6) is -3.74. The lowest BCUT2D eigenvalue weighted by Gasteiger charge is -2.45. The van der Waals surface area contributed by atoms with Crippen LogP contribution in [0.2, 0.25) is 0 Å². The fourth-order valence-electron chi connectivity index (χ4n) is 5.61. The van der Waals surface area contributed by atoms with Crippen molar-refractivity contribution in [2.45, 2.75) is 88.9 Å². The molecule has 0 radical (unpaired) electrons. The molecule has 2 saturated heterocycles. The minimum atomic E-state index is -2.73. The number of carbonyl (C=O) groups excluding carboxylic acids is 2. The predicted molar refractivity (Wildman–Crippen MR) is 159 cm³/mol. The normalized spacial score (nSPS) is 27.5. The number of rotatable bonds is 13. The number of carbonyl (C=O) groups is 2. The van der Waals surface area contributed by atoms with Crippen LogP contribution in [0.3, 0.4) is 0 Å². The number of esters is 1. The SMILES string of the molecule is CCOC(=O)[C@@](O)([C@@H]1OC(C)(C)O[C@H]1COCc1ccccc1)[C@@]1(C(=O)SC)OC(C)(C)O[C@@H]1COCc1ccccc1. The molecule has 0 amide bonds. The second-order valence-electron chi connectivity index (χ2n) is 11.4. The van der Waals surface area contributed by atoms with Crippen LogP contribution in [0.1, 0.15) is 45.7 Å². The maximum absolute atomic E-state index is 14.1. The van der Waals surface area contributed by atoms with Gasteiger partial charge in [0.05, 0.1) is 33.0 Å². The van der Waals surface area contributed by atoms with E-state index >= 15 is 0 Å². The van der Waals surface area contributed by atoms with Crippen LogP contribution < -0.4 is 0 Å². The molecule has 2 heterocycles. The van der Waals surface area contributed by atoms with E-state index in [0.717, 1.165) is 22.9 Å². The molecular formula is C32H42O10S. The first kappa shape index (κ1) is 33.5. The third-order valence-corrected chi connectivity index (χ3v) is 7.97. The van der Waals surface area contributed by atoms with E-state index in [1.165, 1.54) is 0 Å². The van der Waals surface area contributed by atoms with Gasteiger partial charge in [-0.3, -0.25) is 4.79 Å². The molecule has 2 aromatic rings. The smallest absolute Gasteiger partial charge is 0.344 e. The Balaban J connectivity index is 1.73. The maximum Gasteiger partial charge on any atom is 0.344 e. The average molecular weight is 619 g/mol. The molecule has 1 N–H and O–H groups in total. The van der Waals surface area contributed by atoms with Gasteiger partial charge in [-0.15, -0.1) is 0 Å². The van der Waals surface area contributed by atoms with E-state index in [1.54, 1.807) is 40.9 Å². The van der Waals surface area contributed by atoms with Crippen molar-refractivity contribution >= 4 is 22.8 Å². The van der Waals surface area contributed by atoms with Crippen LogP contribution in [0.5, 0.6) is 0 Å². The Labute approximate surface area is 257 Å². The third-order valence-electron chi connectivity index (χ3n) is 7.30. The van der Waals surface area contributed by atoms with Gasteiger partial charge in [0.2, 0.25) is 16.3 Å². The summed E-state index contributed by atoms with van der Waals surface area (Å²) in [4.78, 5) is 28.0. The predicted octanol–water partition coefficient (Wildman–Crippen LogP) is 4.01. The van der Waals surface area contributed by atoms with Crippen molar-refractivity contribution in [2.75, 3.05) is 26.1 Å². The van der Waals surface area contributed by atoms with Crippen LogP contribution >= 0.6 is 11.8 Å². The first-order valence-electron chi connectivity index (χ1n) is 14.3. The van der Waals surface area contributed by atoms with Crippen LogP contribution in [-0.4, -0.2) is 83.4 Å². The second kappa shape index (κ2) is 13.7. The molecule has 2 aliphatic rings. The average Bonchev–Trinajstić information content (AvgIpc) is 3.45. The van der Waals surface area contributed by atoms with E-state index < -0.39 is 52.2 Å². The minimum absolute atomic E-state index is 0.0618. The van der Waals surface area contributed by atoms with Crippen molar-refractivity contribution in [3.8, 4) is 0 Å². The van der Waals surface area contributed by atoms with Crippen LogP contribution in [-0.2, 0) is 56.0 Å². The van der Waals surface area contributed by atoms with Crippen molar-refractivity contribution in [3.63, 3.8) is 0 Å². The topological polar surface area (TPSA) is 119 Å². The number of aliphatic hydroxyl groups is 1. The summed E-state index contributed by atoms with van der Waals surface area (Å²) in [7, 11) is 0. The van der Waals surface area contributed by atoms with Crippen LogP contribution in [0, 0.1) is 0 Å². The molecule has 5 atom stereocenters. The number of benzene rings is 2.